The molecule has 0 atom stereocenters. The molecule has 1 fully saturated rings. The molecule has 6 nitrogen and oxygen atoms in total. The van der Waals surface area contributed by atoms with Crippen LogP contribution >= 0.6 is 0 Å². The van der Waals surface area contributed by atoms with Crippen LogP contribution in [0.5, 0.6) is 11.5 Å². The van der Waals surface area contributed by atoms with Gasteiger partial charge in [0.25, 0.3) is 0 Å². The molecule has 4 N–H and O–H groups in total. The van der Waals surface area contributed by atoms with Gasteiger partial charge in [0.15, 0.2) is 11.5 Å². The summed E-state index contributed by atoms with van der Waals surface area (Å²) >= 11 is 0. The van der Waals surface area contributed by atoms with E-state index in [9.17, 15) is 15.0 Å². The second kappa shape index (κ2) is 6.44. The first-order valence-electron chi connectivity index (χ1n) is 7.47. The number of nitrogens with one attached hydrogen (secondary N) is 2. The Labute approximate surface area is 130 Å². The van der Waals surface area contributed by atoms with Gasteiger partial charge in [0.05, 0.1) is 0 Å². The predicted octanol–water partition coefficient (Wildman–Crippen LogP) is 2.24. The summed E-state index contributed by atoms with van der Waals surface area (Å²) in [6.07, 6.45) is 1.33. The minimum Gasteiger partial charge on any atom is -0.504 e. The maximum atomic E-state index is 11.6. The van der Waals surface area contributed by atoms with E-state index in [2.05, 4.69) is 10.6 Å². The highest BCUT2D eigenvalue weighted by molar-refractivity contribution is 5.68. The molecule has 1 aromatic rings. The van der Waals surface area contributed by atoms with Crippen LogP contribution in [0.3, 0.4) is 0 Å². The van der Waals surface area contributed by atoms with Gasteiger partial charge >= 0.3 is 6.09 Å². The minimum absolute atomic E-state index is 0.114. The van der Waals surface area contributed by atoms with Crippen LogP contribution in [0.15, 0.2) is 18.2 Å². The van der Waals surface area contributed by atoms with E-state index >= 15 is 0 Å². The van der Waals surface area contributed by atoms with Gasteiger partial charge in [-0.05, 0) is 51.3 Å². The van der Waals surface area contributed by atoms with Crippen molar-refractivity contribution < 1.29 is 19.7 Å². The van der Waals surface area contributed by atoms with Crippen molar-refractivity contribution >= 4 is 6.09 Å². The number of alkyl carbamates (subject to hydrolysis) is 1. The van der Waals surface area contributed by atoms with Gasteiger partial charge in [-0.1, -0.05) is 6.07 Å². The van der Waals surface area contributed by atoms with Crippen LogP contribution in [0, 0.1) is 0 Å². The van der Waals surface area contributed by atoms with Crippen LogP contribution in [0.2, 0.25) is 0 Å². The largest absolute Gasteiger partial charge is 0.504 e. The zero-order valence-electron chi connectivity index (χ0n) is 13.2. The first kappa shape index (κ1) is 16.4. The topological polar surface area (TPSA) is 90.8 Å². The normalized spacial score (nSPS) is 21.0. The van der Waals surface area contributed by atoms with Crippen LogP contribution < -0.4 is 10.6 Å². The molecular formula is C16H24N2O4. The Morgan fingerprint density at radius 1 is 1.23 bits per heavy atom. The number of rotatable bonds is 4. The van der Waals surface area contributed by atoms with Crippen molar-refractivity contribution in [3.8, 4) is 11.5 Å². The number of benzene rings is 1. The van der Waals surface area contributed by atoms with E-state index in [0.29, 0.717) is 12.6 Å². The third kappa shape index (κ3) is 4.80. The number of amides is 1. The van der Waals surface area contributed by atoms with E-state index in [1.807, 2.05) is 20.8 Å². The second-order valence-corrected chi connectivity index (χ2v) is 6.72. The average Bonchev–Trinajstić information content (AvgIpc) is 2.33. The number of aromatic hydroxyl groups is 2. The first-order chi connectivity index (χ1) is 10.2. The molecular weight excluding hydrogens is 284 g/mol. The Kier molecular flexibility index (Phi) is 4.81. The molecule has 0 bridgehead atoms. The quantitative estimate of drug-likeness (QED) is 0.640. The molecule has 22 heavy (non-hydrogen) atoms. The molecule has 1 amide bonds. The monoisotopic (exact) mass is 308 g/mol. The van der Waals surface area contributed by atoms with Crippen LogP contribution in [-0.2, 0) is 11.3 Å². The van der Waals surface area contributed by atoms with Crippen LogP contribution in [0.25, 0.3) is 0 Å². The standard InChI is InChI=1S/C16H24N2O4/c1-16(2,3)22-15(21)18-12-7-11(8-12)17-9-10-4-5-13(19)14(20)6-10/h4-6,11-12,17,19-20H,7-9H2,1-3H3,(H,18,21). The summed E-state index contributed by atoms with van der Waals surface area (Å²) in [7, 11) is 0. The molecule has 0 saturated heterocycles. The average molecular weight is 308 g/mol. The van der Waals surface area contributed by atoms with Crippen molar-refractivity contribution in [3.05, 3.63) is 23.8 Å². The lowest BCUT2D eigenvalue weighted by molar-refractivity contribution is 0.0465. The SMILES string of the molecule is CC(C)(C)OC(=O)NC1CC(NCc2ccc(O)c(O)c2)C1. The van der Waals surface area contributed by atoms with E-state index < -0.39 is 5.60 Å². The Morgan fingerprint density at radius 2 is 1.91 bits per heavy atom. The fourth-order valence-electron chi connectivity index (χ4n) is 2.32. The van der Waals surface area contributed by atoms with Crippen LogP contribution in [-0.4, -0.2) is 34.0 Å². The van der Waals surface area contributed by atoms with Crippen molar-refractivity contribution in [2.24, 2.45) is 0 Å². The molecule has 1 aliphatic carbocycles. The fraction of sp³-hybridized carbons (Fsp3) is 0.562. The molecule has 0 heterocycles. The number of ether oxygens (including phenoxy) is 1. The number of carbonyl (C=O) groups excluding carboxylic acids is 1. The molecule has 1 saturated carbocycles. The van der Waals surface area contributed by atoms with Crippen molar-refractivity contribution in [2.75, 3.05) is 0 Å². The Hall–Kier alpha value is -1.95. The zero-order valence-corrected chi connectivity index (χ0v) is 13.2. The molecule has 0 aromatic heterocycles. The van der Waals surface area contributed by atoms with E-state index in [0.717, 1.165) is 18.4 Å². The van der Waals surface area contributed by atoms with Crippen molar-refractivity contribution in [1.29, 1.82) is 0 Å². The minimum atomic E-state index is -0.480. The summed E-state index contributed by atoms with van der Waals surface area (Å²) < 4.78 is 5.21. The Balaban J connectivity index is 1.67. The summed E-state index contributed by atoms with van der Waals surface area (Å²) in [5, 5.41) is 24.9. The van der Waals surface area contributed by atoms with Crippen LogP contribution in [0.4, 0.5) is 4.79 Å². The third-order valence-electron chi connectivity index (χ3n) is 3.49. The van der Waals surface area contributed by atoms with E-state index in [-0.39, 0.29) is 23.6 Å². The highest BCUT2D eigenvalue weighted by Gasteiger charge is 2.31. The lowest BCUT2D eigenvalue weighted by Gasteiger charge is -2.36. The highest BCUT2D eigenvalue weighted by atomic mass is 16.6. The Morgan fingerprint density at radius 3 is 2.50 bits per heavy atom. The summed E-state index contributed by atoms with van der Waals surface area (Å²) in [5.41, 5.74) is 0.422. The smallest absolute Gasteiger partial charge is 0.407 e. The van der Waals surface area contributed by atoms with E-state index in [1.54, 1.807) is 6.07 Å². The van der Waals surface area contributed by atoms with Crippen molar-refractivity contribution in [1.82, 2.24) is 10.6 Å². The number of hydrogen-bond donors (Lipinski definition) is 4. The fourth-order valence-corrected chi connectivity index (χ4v) is 2.32. The second-order valence-electron chi connectivity index (χ2n) is 6.72. The number of carbonyl (C=O) groups is 1. The van der Waals surface area contributed by atoms with Gasteiger partial charge in [-0.15, -0.1) is 0 Å². The third-order valence-corrected chi connectivity index (χ3v) is 3.49. The van der Waals surface area contributed by atoms with Gasteiger partial charge in [0, 0.05) is 18.6 Å². The highest BCUT2D eigenvalue weighted by Crippen LogP contribution is 2.26. The molecule has 1 aliphatic rings. The van der Waals surface area contributed by atoms with E-state index in [1.165, 1.54) is 12.1 Å². The lowest BCUT2D eigenvalue weighted by Crippen LogP contribution is -2.52. The maximum absolute atomic E-state index is 11.6. The van der Waals surface area contributed by atoms with Gasteiger partial charge in [-0.25, -0.2) is 4.79 Å². The van der Waals surface area contributed by atoms with Gasteiger partial charge in [-0.3, -0.25) is 0 Å². The van der Waals surface area contributed by atoms with Crippen molar-refractivity contribution in [2.45, 2.75) is 57.8 Å². The van der Waals surface area contributed by atoms with Gasteiger partial charge in [-0.2, -0.15) is 0 Å². The van der Waals surface area contributed by atoms with Crippen LogP contribution in [0.1, 0.15) is 39.2 Å². The number of hydrogen-bond acceptors (Lipinski definition) is 5. The van der Waals surface area contributed by atoms with Gasteiger partial charge in [0.2, 0.25) is 0 Å². The molecule has 2 rings (SSSR count). The van der Waals surface area contributed by atoms with Gasteiger partial charge in [0.1, 0.15) is 5.60 Å². The molecule has 0 radical (unpaired) electrons. The number of phenolic OH excluding ortho intramolecular Hbond substituents is 2. The molecule has 0 aliphatic heterocycles. The summed E-state index contributed by atoms with van der Waals surface area (Å²) in [4.78, 5) is 11.6. The first-order valence-corrected chi connectivity index (χ1v) is 7.47. The van der Waals surface area contributed by atoms with Crippen molar-refractivity contribution in [3.63, 3.8) is 0 Å². The molecule has 6 heteroatoms. The predicted molar refractivity (Wildman–Crippen MR) is 82.8 cm³/mol. The molecule has 0 unspecified atom stereocenters. The maximum Gasteiger partial charge on any atom is 0.407 e. The van der Waals surface area contributed by atoms with Gasteiger partial charge < -0.3 is 25.6 Å². The summed E-state index contributed by atoms with van der Waals surface area (Å²) in [6.45, 7) is 6.12. The molecule has 1 aromatic carbocycles. The Bertz CT molecular complexity index is 533. The summed E-state index contributed by atoms with van der Waals surface area (Å²) in [6, 6.07) is 5.24. The molecule has 0 spiro atoms. The summed E-state index contributed by atoms with van der Waals surface area (Å²) in [5.74, 6) is -0.230. The zero-order chi connectivity index (χ0) is 16.3. The van der Waals surface area contributed by atoms with E-state index in [4.69, 9.17) is 4.74 Å². The molecule has 122 valence electrons. The lowest BCUT2D eigenvalue weighted by atomic mass is 9.86. The number of phenols is 2.